The standard InChI is InChI=1S/C16H16O3/c1-11-4-6-16(19-3)14(8-11)12-5-7-15(18-2)13(9-12)10-17/h4-10H,1-3H3. The molecule has 0 aliphatic heterocycles. The van der Waals surface area contributed by atoms with E-state index in [-0.39, 0.29) is 0 Å². The van der Waals surface area contributed by atoms with Crippen LogP contribution in [0.4, 0.5) is 0 Å². The molecule has 0 saturated heterocycles. The van der Waals surface area contributed by atoms with Crippen molar-refractivity contribution in [1.82, 2.24) is 0 Å². The molecule has 0 amide bonds. The molecule has 0 aliphatic carbocycles. The van der Waals surface area contributed by atoms with E-state index >= 15 is 0 Å². The zero-order chi connectivity index (χ0) is 13.8. The van der Waals surface area contributed by atoms with Gasteiger partial charge in [0.15, 0.2) is 6.29 Å². The van der Waals surface area contributed by atoms with Gasteiger partial charge in [-0.2, -0.15) is 0 Å². The molecule has 0 saturated carbocycles. The topological polar surface area (TPSA) is 35.5 Å². The van der Waals surface area contributed by atoms with Gasteiger partial charge in [-0.3, -0.25) is 4.79 Å². The number of ether oxygens (including phenoxy) is 2. The van der Waals surface area contributed by atoms with Crippen LogP contribution < -0.4 is 9.47 Å². The fourth-order valence-electron chi connectivity index (χ4n) is 2.04. The molecule has 2 aromatic rings. The molecule has 98 valence electrons. The van der Waals surface area contributed by atoms with E-state index < -0.39 is 0 Å². The maximum absolute atomic E-state index is 11.1. The van der Waals surface area contributed by atoms with Crippen molar-refractivity contribution in [3.05, 3.63) is 47.5 Å². The van der Waals surface area contributed by atoms with Crippen LogP contribution in [0.15, 0.2) is 36.4 Å². The van der Waals surface area contributed by atoms with Crippen LogP contribution in [0.2, 0.25) is 0 Å². The lowest BCUT2D eigenvalue weighted by molar-refractivity contribution is 0.112. The van der Waals surface area contributed by atoms with Gasteiger partial charge >= 0.3 is 0 Å². The van der Waals surface area contributed by atoms with Gasteiger partial charge in [0, 0.05) is 5.56 Å². The van der Waals surface area contributed by atoms with Gasteiger partial charge < -0.3 is 9.47 Å². The minimum atomic E-state index is 0.531. The molecule has 0 N–H and O–H groups in total. The van der Waals surface area contributed by atoms with Gasteiger partial charge in [-0.15, -0.1) is 0 Å². The molecule has 3 heteroatoms. The molecule has 0 unspecified atom stereocenters. The van der Waals surface area contributed by atoms with Gasteiger partial charge in [-0.25, -0.2) is 0 Å². The number of hydrogen-bond donors (Lipinski definition) is 0. The summed E-state index contributed by atoms with van der Waals surface area (Å²) < 4.78 is 10.5. The zero-order valence-electron chi connectivity index (χ0n) is 11.3. The van der Waals surface area contributed by atoms with E-state index in [1.54, 1.807) is 20.3 Å². The smallest absolute Gasteiger partial charge is 0.153 e. The molecule has 0 aliphatic rings. The second-order valence-corrected chi connectivity index (χ2v) is 4.28. The predicted octanol–water partition coefficient (Wildman–Crippen LogP) is 3.49. The lowest BCUT2D eigenvalue weighted by atomic mass is 10.00. The number of carbonyl (C=O) groups excluding carboxylic acids is 1. The van der Waals surface area contributed by atoms with E-state index in [1.165, 1.54) is 0 Å². The number of hydrogen-bond acceptors (Lipinski definition) is 3. The van der Waals surface area contributed by atoms with E-state index in [2.05, 4.69) is 0 Å². The zero-order valence-corrected chi connectivity index (χ0v) is 11.3. The summed E-state index contributed by atoms with van der Waals surface area (Å²) in [5.74, 6) is 1.36. The SMILES string of the molecule is COc1ccc(-c2cc(C)ccc2OC)cc1C=O. The summed E-state index contributed by atoms with van der Waals surface area (Å²) in [6.07, 6.45) is 0.796. The number of carbonyl (C=O) groups is 1. The van der Waals surface area contributed by atoms with E-state index in [0.717, 1.165) is 28.7 Å². The second kappa shape index (κ2) is 5.57. The lowest BCUT2D eigenvalue weighted by Crippen LogP contribution is -1.93. The predicted molar refractivity (Wildman–Crippen MR) is 75.1 cm³/mol. The average molecular weight is 256 g/mol. The molecule has 0 radical (unpaired) electrons. The van der Waals surface area contributed by atoms with E-state index in [1.807, 2.05) is 37.3 Å². The Hall–Kier alpha value is -2.29. The highest BCUT2D eigenvalue weighted by molar-refractivity contribution is 5.84. The van der Waals surface area contributed by atoms with Crippen molar-refractivity contribution in [3.8, 4) is 22.6 Å². The Labute approximate surface area is 112 Å². The first-order valence-corrected chi connectivity index (χ1v) is 5.98. The van der Waals surface area contributed by atoms with Crippen LogP contribution in [0.5, 0.6) is 11.5 Å². The fraction of sp³-hybridized carbons (Fsp3) is 0.188. The number of aldehydes is 1. The van der Waals surface area contributed by atoms with Crippen LogP contribution in [0.3, 0.4) is 0 Å². The number of benzene rings is 2. The first-order chi connectivity index (χ1) is 9.19. The summed E-state index contributed by atoms with van der Waals surface area (Å²) in [4.78, 5) is 11.1. The monoisotopic (exact) mass is 256 g/mol. The van der Waals surface area contributed by atoms with Crippen LogP contribution in [0.25, 0.3) is 11.1 Å². The minimum Gasteiger partial charge on any atom is -0.496 e. The molecule has 2 aromatic carbocycles. The van der Waals surface area contributed by atoms with Gasteiger partial charge in [0.05, 0.1) is 19.8 Å². The fourth-order valence-corrected chi connectivity index (χ4v) is 2.04. The molecule has 3 nitrogen and oxygen atoms in total. The van der Waals surface area contributed by atoms with Crippen molar-refractivity contribution < 1.29 is 14.3 Å². The Morgan fingerprint density at radius 3 is 2.26 bits per heavy atom. The molecule has 0 atom stereocenters. The average Bonchev–Trinajstić information content (AvgIpc) is 2.46. The van der Waals surface area contributed by atoms with Crippen LogP contribution in [0, 0.1) is 6.92 Å². The molecule has 0 bridgehead atoms. The van der Waals surface area contributed by atoms with Crippen LogP contribution in [0.1, 0.15) is 15.9 Å². The minimum absolute atomic E-state index is 0.531. The quantitative estimate of drug-likeness (QED) is 0.785. The van der Waals surface area contributed by atoms with Crippen molar-refractivity contribution in [3.63, 3.8) is 0 Å². The van der Waals surface area contributed by atoms with Crippen LogP contribution in [-0.2, 0) is 0 Å². The van der Waals surface area contributed by atoms with Crippen molar-refractivity contribution >= 4 is 6.29 Å². The second-order valence-electron chi connectivity index (χ2n) is 4.28. The Morgan fingerprint density at radius 1 is 0.947 bits per heavy atom. The van der Waals surface area contributed by atoms with Gasteiger partial charge in [-0.05, 0) is 36.8 Å². The van der Waals surface area contributed by atoms with E-state index in [9.17, 15) is 4.79 Å². The number of rotatable bonds is 4. The van der Waals surface area contributed by atoms with Crippen LogP contribution >= 0.6 is 0 Å². The van der Waals surface area contributed by atoms with Gasteiger partial charge in [0.2, 0.25) is 0 Å². The largest absolute Gasteiger partial charge is 0.496 e. The summed E-state index contributed by atoms with van der Waals surface area (Å²) in [7, 11) is 3.19. The Bertz CT molecular complexity index is 603. The molecule has 2 rings (SSSR count). The van der Waals surface area contributed by atoms with Gasteiger partial charge in [0.25, 0.3) is 0 Å². The number of aryl methyl sites for hydroxylation is 1. The summed E-state index contributed by atoms with van der Waals surface area (Å²) in [5, 5.41) is 0. The summed E-state index contributed by atoms with van der Waals surface area (Å²) in [6, 6.07) is 11.5. The first kappa shape index (κ1) is 13.1. The maximum Gasteiger partial charge on any atom is 0.153 e. The summed E-state index contributed by atoms with van der Waals surface area (Å²) >= 11 is 0. The van der Waals surface area contributed by atoms with Crippen molar-refractivity contribution in [2.45, 2.75) is 6.92 Å². The Kier molecular flexibility index (Phi) is 3.85. The van der Waals surface area contributed by atoms with E-state index in [0.29, 0.717) is 11.3 Å². The van der Waals surface area contributed by atoms with Crippen molar-refractivity contribution in [2.75, 3.05) is 14.2 Å². The molecule has 0 fully saturated rings. The van der Waals surface area contributed by atoms with Crippen LogP contribution in [-0.4, -0.2) is 20.5 Å². The Morgan fingerprint density at radius 2 is 1.63 bits per heavy atom. The molecule has 19 heavy (non-hydrogen) atoms. The summed E-state index contributed by atoms with van der Waals surface area (Å²) in [6.45, 7) is 2.02. The Balaban J connectivity index is 2.58. The molecular weight excluding hydrogens is 240 g/mol. The molecular formula is C16H16O3. The molecule has 0 heterocycles. The van der Waals surface area contributed by atoms with Gasteiger partial charge in [0.1, 0.15) is 11.5 Å². The molecule has 0 spiro atoms. The van der Waals surface area contributed by atoms with E-state index in [4.69, 9.17) is 9.47 Å². The highest BCUT2D eigenvalue weighted by Crippen LogP contribution is 2.33. The van der Waals surface area contributed by atoms with Crippen molar-refractivity contribution in [1.29, 1.82) is 0 Å². The summed E-state index contributed by atoms with van der Waals surface area (Å²) in [5.41, 5.74) is 3.57. The normalized spacial score (nSPS) is 10.1. The third-order valence-corrected chi connectivity index (χ3v) is 3.02. The molecule has 0 aromatic heterocycles. The van der Waals surface area contributed by atoms with Crippen molar-refractivity contribution in [2.24, 2.45) is 0 Å². The maximum atomic E-state index is 11.1. The van der Waals surface area contributed by atoms with Gasteiger partial charge in [-0.1, -0.05) is 17.7 Å². The third-order valence-electron chi connectivity index (χ3n) is 3.02. The highest BCUT2D eigenvalue weighted by Gasteiger charge is 2.09. The number of methoxy groups -OCH3 is 2. The lowest BCUT2D eigenvalue weighted by Gasteiger charge is -2.11. The first-order valence-electron chi connectivity index (χ1n) is 5.98. The highest BCUT2D eigenvalue weighted by atomic mass is 16.5. The third kappa shape index (κ3) is 2.60.